The van der Waals surface area contributed by atoms with Gasteiger partial charge in [0.1, 0.15) is 18.0 Å². The molecule has 8 nitrogen and oxygen atoms in total. The fourth-order valence-electron chi connectivity index (χ4n) is 4.96. The van der Waals surface area contributed by atoms with Gasteiger partial charge in [0.2, 0.25) is 5.91 Å². The van der Waals surface area contributed by atoms with Crippen LogP contribution in [0.4, 0.5) is 15.9 Å². The van der Waals surface area contributed by atoms with Crippen molar-refractivity contribution in [3.8, 4) is 11.5 Å². The second kappa shape index (κ2) is 13.6. The van der Waals surface area contributed by atoms with E-state index in [9.17, 15) is 9.18 Å². The predicted octanol–water partition coefficient (Wildman–Crippen LogP) is 5.97. The van der Waals surface area contributed by atoms with Gasteiger partial charge in [0.15, 0.2) is 11.5 Å². The van der Waals surface area contributed by atoms with E-state index in [1.165, 1.54) is 18.5 Å². The molecule has 0 saturated carbocycles. The molecular formula is C31H33ClFN5O3. The summed E-state index contributed by atoms with van der Waals surface area (Å²) in [6.45, 7) is 3.74. The van der Waals surface area contributed by atoms with Crippen molar-refractivity contribution in [3.63, 3.8) is 0 Å². The molecule has 41 heavy (non-hydrogen) atoms. The van der Waals surface area contributed by atoms with Crippen molar-refractivity contribution in [1.29, 1.82) is 0 Å². The van der Waals surface area contributed by atoms with Gasteiger partial charge in [-0.05, 0) is 62.2 Å². The summed E-state index contributed by atoms with van der Waals surface area (Å²) in [7, 11) is 1.59. The topological polar surface area (TPSA) is 88.6 Å². The fourth-order valence-corrected chi connectivity index (χ4v) is 5.15. The summed E-state index contributed by atoms with van der Waals surface area (Å²) in [6, 6.07) is 18.0. The molecule has 5 rings (SSSR count). The molecule has 214 valence electrons. The highest BCUT2D eigenvalue weighted by Gasteiger charge is 2.24. The molecule has 1 saturated heterocycles. The van der Waals surface area contributed by atoms with E-state index >= 15 is 0 Å². The number of likely N-dealkylation sites (tertiary alicyclic amines) is 1. The number of rotatable bonds is 11. The Kier molecular flexibility index (Phi) is 9.48. The lowest BCUT2D eigenvalue weighted by Gasteiger charge is -2.31. The van der Waals surface area contributed by atoms with Crippen molar-refractivity contribution in [2.45, 2.75) is 25.8 Å². The number of nitrogens with zero attached hydrogens (tertiary/aromatic N) is 3. The van der Waals surface area contributed by atoms with Crippen LogP contribution in [-0.4, -0.2) is 54.1 Å². The standard InChI is InChI=1S/C31H33ClFN5O3/c1-40-28-18-27-24(30(36-20-35-27)37-23-8-9-26(33)25(32)16-23)17-29(28)41-15-5-12-38-13-10-22(11-14-38)31(39)34-19-21-6-3-2-4-7-21/h2-4,6-9,16-18,20,22H,5,10-15,19H2,1H3,(H,34,39)(H,35,36,37). The first kappa shape index (κ1) is 28.6. The van der Waals surface area contributed by atoms with Crippen LogP contribution in [-0.2, 0) is 11.3 Å². The highest BCUT2D eigenvalue weighted by molar-refractivity contribution is 6.31. The lowest BCUT2D eigenvalue weighted by atomic mass is 9.95. The third-order valence-electron chi connectivity index (χ3n) is 7.25. The number of halogens is 2. The third-order valence-corrected chi connectivity index (χ3v) is 7.54. The number of carbonyl (C=O) groups is 1. The highest BCUT2D eigenvalue weighted by Crippen LogP contribution is 2.35. The van der Waals surface area contributed by atoms with Crippen molar-refractivity contribution in [2.24, 2.45) is 5.92 Å². The quantitative estimate of drug-likeness (QED) is 0.212. The monoisotopic (exact) mass is 577 g/mol. The van der Waals surface area contributed by atoms with E-state index in [0.717, 1.165) is 49.8 Å². The Morgan fingerprint density at radius 2 is 1.88 bits per heavy atom. The van der Waals surface area contributed by atoms with Crippen LogP contribution in [0.25, 0.3) is 10.9 Å². The maximum absolute atomic E-state index is 13.6. The number of piperidine rings is 1. The predicted molar refractivity (Wildman–Crippen MR) is 158 cm³/mol. The number of hydrogen-bond donors (Lipinski definition) is 2. The first-order valence-electron chi connectivity index (χ1n) is 13.7. The first-order valence-corrected chi connectivity index (χ1v) is 14.1. The van der Waals surface area contributed by atoms with Gasteiger partial charge in [0.25, 0.3) is 0 Å². The van der Waals surface area contributed by atoms with E-state index in [1.54, 1.807) is 13.2 Å². The minimum atomic E-state index is -0.487. The molecule has 0 atom stereocenters. The van der Waals surface area contributed by atoms with Gasteiger partial charge in [-0.1, -0.05) is 41.9 Å². The van der Waals surface area contributed by atoms with E-state index in [2.05, 4.69) is 25.5 Å². The summed E-state index contributed by atoms with van der Waals surface area (Å²) >= 11 is 5.94. The number of anilines is 2. The molecule has 4 aromatic rings. The lowest BCUT2D eigenvalue weighted by Crippen LogP contribution is -2.40. The summed E-state index contributed by atoms with van der Waals surface area (Å²) in [4.78, 5) is 23.7. The summed E-state index contributed by atoms with van der Waals surface area (Å²) in [5, 5.41) is 7.02. The molecule has 1 fully saturated rings. The number of aromatic nitrogens is 2. The van der Waals surface area contributed by atoms with Gasteiger partial charge in [-0.15, -0.1) is 0 Å². The summed E-state index contributed by atoms with van der Waals surface area (Å²) in [5.74, 6) is 1.42. The second-order valence-electron chi connectivity index (χ2n) is 10.0. The SMILES string of the molecule is COc1cc2ncnc(Nc3ccc(F)c(Cl)c3)c2cc1OCCCN1CCC(C(=O)NCc2ccccc2)CC1. The molecule has 0 bridgehead atoms. The van der Waals surface area contributed by atoms with E-state index in [1.807, 2.05) is 42.5 Å². The molecule has 3 aromatic carbocycles. The van der Waals surface area contributed by atoms with E-state index in [4.69, 9.17) is 21.1 Å². The number of hydrogen-bond acceptors (Lipinski definition) is 7. The molecule has 1 aromatic heterocycles. The average Bonchev–Trinajstić information content (AvgIpc) is 3.00. The van der Waals surface area contributed by atoms with Crippen LogP contribution in [0.3, 0.4) is 0 Å². The maximum atomic E-state index is 13.6. The molecule has 0 unspecified atom stereocenters. The molecule has 0 aliphatic carbocycles. The van der Waals surface area contributed by atoms with Gasteiger partial charge in [-0.3, -0.25) is 4.79 Å². The number of carbonyl (C=O) groups excluding carboxylic acids is 1. The van der Waals surface area contributed by atoms with Crippen LogP contribution < -0.4 is 20.1 Å². The average molecular weight is 578 g/mol. The Labute approximate surface area is 243 Å². The second-order valence-corrected chi connectivity index (χ2v) is 10.4. The molecule has 0 radical (unpaired) electrons. The zero-order chi connectivity index (χ0) is 28.6. The minimum absolute atomic E-state index is 0.0228. The van der Waals surface area contributed by atoms with Crippen LogP contribution in [0.1, 0.15) is 24.8 Å². The van der Waals surface area contributed by atoms with E-state index in [0.29, 0.717) is 41.7 Å². The van der Waals surface area contributed by atoms with Crippen LogP contribution in [0.2, 0.25) is 5.02 Å². The smallest absolute Gasteiger partial charge is 0.223 e. The number of fused-ring (bicyclic) bond motifs is 1. The first-order chi connectivity index (χ1) is 20.0. The number of ether oxygens (including phenoxy) is 2. The zero-order valence-corrected chi connectivity index (χ0v) is 23.7. The van der Waals surface area contributed by atoms with Gasteiger partial charge >= 0.3 is 0 Å². The molecule has 1 aliphatic rings. The van der Waals surface area contributed by atoms with Gasteiger partial charge in [0.05, 0.1) is 24.3 Å². The Bertz CT molecular complexity index is 1480. The van der Waals surface area contributed by atoms with Crippen molar-refractivity contribution >= 4 is 39.9 Å². The van der Waals surface area contributed by atoms with Crippen LogP contribution in [0, 0.1) is 11.7 Å². The van der Waals surface area contributed by atoms with Gasteiger partial charge < -0.3 is 25.0 Å². The molecule has 2 heterocycles. The summed E-state index contributed by atoms with van der Waals surface area (Å²) in [6.07, 6.45) is 3.99. The van der Waals surface area contributed by atoms with E-state index in [-0.39, 0.29) is 16.8 Å². The number of benzene rings is 3. The van der Waals surface area contributed by atoms with Gasteiger partial charge in [0, 0.05) is 36.1 Å². The highest BCUT2D eigenvalue weighted by atomic mass is 35.5. The molecule has 10 heteroatoms. The number of methoxy groups -OCH3 is 1. The molecule has 2 N–H and O–H groups in total. The van der Waals surface area contributed by atoms with Crippen molar-refractivity contribution in [2.75, 3.05) is 38.7 Å². The number of nitrogens with one attached hydrogen (secondary N) is 2. The number of amides is 1. The Balaban J connectivity index is 1.12. The normalized spacial score (nSPS) is 14.1. The maximum Gasteiger partial charge on any atom is 0.223 e. The summed E-state index contributed by atoms with van der Waals surface area (Å²) in [5.41, 5.74) is 2.39. The van der Waals surface area contributed by atoms with Crippen molar-refractivity contribution in [3.05, 3.63) is 83.4 Å². The minimum Gasteiger partial charge on any atom is -0.493 e. The van der Waals surface area contributed by atoms with Crippen molar-refractivity contribution in [1.82, 2.24) is 20.2 Å². The van der Waals surface area contributed by atoms with Crippen LogP contribution in [0.15, 0.2) is 67.0 Å². The van der Waals surface area contributed by atoms with E-state index < -0.39 is 5.82 Å². The molecule has 1 amide bonds. The van der Waals surface area contributed by atoms with Crippen LogP contribution in [0.5, 0.6) is 11.5 Å². The lowest BCUT2D eigenvalue weighted by molar-refractivity contribution is -0.126. The van der Waals surface area contributed by atoms with Gasteiger partial charge in [-0.2, -0.15) is 0 Å². The molecule has 0 spiro atoms. The molecule has 1 aliphatic heterocycles. The zero-order valence-electron chi connectivity index (χ0n) is 22.9. The largest absolute Gasteiger partial charge is 0.493 e. The fraction of sp³-hybridized carbons (Fsp3) is 0.323. The Morgan fingerprint density at radius 1 is 1.07 bits per heavy atom. The Hall–Kier alpha value is -3.95. The van der Waals surface area contributed by atoms with Gasteiger partial charge in [-0.25, -0.2) is 14.4 Å². The molecular weight excluding hydrogens is 545 g/mol. The Morgan fingerprint density at radius 3 is 2.63 bits per heavy atom. The summed E-state index contributed by atoms with van der Waals surface area (Å²) < 4.78 is 25.3. The van der Waals surface area contributed by atoms with Crippen LogP contribution >= 0.6 is 11.6 Å². The third kappa shape index (κ3) is 7.42. The van der Waals surface area contributed by atoms with Crippen molar-refractivity contribution < 1.29 is 18.7 Å².